The third-order valence-corrected chi connectivity index (χ3v) is 6.48. The molecule has 3 aromatic heterocycles. The van der Waals surface area contributed by atoms with Gasteiger partial charge in [-0.15, -0.1) is 5.10 Å². The molecule has 1 atom stereocenters. The van der Waals surface area contributed by atoms with Gasteiger partial charge < -0.3 is 5.32 Å². The van der Waals surface area contributed by atoms with E-state index in [1.807, 2.05) is 39.2 Å². The van der Waals surface area contributed by atoms with Crippen molar-refractivity contribution in [3.05, 3.63) is 86.1 Å². The molecule has 1 amide bonds. The second-order valence-corrected chi connectivity index (χ2v) is 9.48. The molecule has 0 fully saturated rings. The zero-order valence-corrected chi connectivity index (χ0v) is 21.2. The van der Waals surface area contributed by atoms with Crippen LogP contribution < -0.4 is 5.32 Å². The molecule has 0 aliphatic carbocycles. The molecule has 4 aromatic rings. The van der Waals surface area contributed by atoms with Crippen LogP contribution in [0.3, 0.4) is 0 Å². The average molecular weight is 519 g/mol. The van der Waals surface area contributed by atoms with E-state index in [0.29, 0.717) is 32.3 Å². The van der Waals surface area contributed by atoms with E-state index in [2.05, 4.69) is 25.7 Å². The van der Waals surface area contributed by atoms with Crippen LogP contribution in [0.15, 0.2) is 42.7 Å². The maximum absolute atomic E-state index is 13.2. The first-order valence-electron chi connectivity index (χ1n) is 10.4. The number of rotatable bonds is 6. The lowest BCUT2D eigenvalue weighted by atomic mass is 9.80. The van der Waals surface area contributed by atoms with Gasteiger partial charge in [0.1, 0.15) is 5.15 Å². The molecule has 4 rings (SSSR count). The molecule has 1 aromatic carbocycles. The van der Waals surface area contributed by atoms with Gasteiger partial charge in [-0.25, -0.2) is 9.67 Å². The van der Waals surface area contributed by atoms with Gasteiger partial charge in [-0.1, -0.05) is 46.1 Å². The summed E-state index contributed by atoms with van der Waals surface area (Å²) in [6.07, 6.45) is 3.64. The van der Waals surface area contributed by atoms with Gasteiger partial charge in [-0.3, -0.25) is 9.48 Å². The lowest BCUT2D eigenvalue weighted by Crippen LogP contribution is -2.40. The fourth-order valence-corrected chi connectivity index (χ4v) is 4.66. The van der Waals surface area contributed by atoms with Gasteiger partial charge >= 0.3 is 0 Å². The van der Waals surface area contributed by atoms with E-state index in [1.54, 1.807) is 40.7 Å². The molecule has 0 radical (unpaired) electrons. The predicted octanol–water partition coefficient (Wildman–Crippen LogP) is 4.71. The molecule has 1 N–H and O–H groups in total. The molecule has 0 bridgehead atoms. The van der Waals surface area contributed by atoms with Crippen molar-refractivity contribution in [1.82, 2.24) is 35.1 Å². The molecule has 0 aliphatic rings. The van der Waals surface area contributed by atoms with Gasteiger partial charge in [0.25, 0.3) is 5.91 Å². The highest BCUT2D eigenvalue weighted by Gasteiger charge is 2.33. The topological polar surface area (TPSA) is 90.5 Å². The van der Waals surface area contributed by atoms with Crippen LogP contribution in [0.1, 0.15) is 39.9 Å². The molecule has 0 spiro atoms. The summed E-state index contributed by atoms with van der Waals surface area (Å²) in [6.45, 7) is 5.84. The Bertz CT molecular complexity index is 1360. The summed E-state index contributed by atoms with van der Waals surface area (Å²) in [4.78, 5) is 17.7. The van der Waals surface area contributed by atoms with Crippen LogP contribution in [-0.4, -0.2) is 42.2 Å². The molecule has 11 heteroatoms. The Morgan fingerprint density at radius 1 is 1.18 bits per heavy atom. The van der Waals surface area contributed by atoms with Gasteiger partial charge in [0.2, 0.25) is 0 Å². The molecule has 0 aliphatic heterocycles. The van der Waals surface area contributed by atoms with Crippen LogP contribution in [0.2, 0.25) is 15.2 Å². The normalized spacial score (nSPS) is 13.0. The Morgan fingerprint density at radius 2 is 1.94 bits per heavy atom. The zero-order valence-electron chi connectivity index (χ0n) is 19.0. The Balaban J connectivity index is 1.64. The van der Waals surface area contributed by atoms with Crippen LogP contribution in [0.4, 0.5) is 0 Å². The maximum Gasteiger partial charge on any atom is 0.273 e. The van der Waals surface area contributed by atoms with E-state index in [4.69, 9.17) is 34.8 Å². The van der Waals surface area contributed by atoms with Gasteiger partial charge in [0, 0.05) is 30.4 Å². The first-order chi connectivity index (χ1) is 16.1. The fourth-order valence-electron chi connectivity index (χ4n) is 3.82. The SMILES string of the molecule is Cc1cc(Cl)cc(Cl)c1-n1nnc(C(=O)NCC(C)(c2cnn(C)c2)c2cccc(Cl)n2)c1C. The van der Waals surface area contributed by atoms with Crippen LogP contribution in [0.5, 0.6) is 0 Å². The number of nitrogens with zero attached hydrogens (tertiary/aromatic N) is 6. The summed E-state index contributed by atoms with van der Waals surface area (Å²) < 4.78 is 3.25. The van der Waals surface area contributed by atoms with Crippen LogP contribution in [0.25, 0.3) is 5.69 Å². The Morgan fingerprint density at radius 3 is 2.59 bits per heavy atom. The van der Waals surface area contributed by atoms with Crippen molar-refractivity contribution in [3.8, 4) is 5.69 Å². The first-order valence-corrected chi connectivity index (χ1v) is 11.5. The van der Waals surface area contributed by atoms with E-state index < -0.39 is 5.41 Å². The number of benzene rings is 1. The second-order valence-electron chi connectivity index (χ2n) is 8.25. The molecule has 8 nitrogen and oxygen atoms in total. The van der Waals surface area contributed by atoms with Crippen molar-refractivity contribution in [2.75, 3.05) is 6.54 Å². The molecular weight excluding hydrogens is 497 g/mol. The third kappa shape index (κ3) is 4.53. The number of carbonyl (C=O) groups is 1. The van der Waals surface area contributed by atoms with Crippen LogP contribution in [-0.2, 0) is 12.5 Å². The number of aromatic nitrogens is 6. The Hall–Kier alpha value is -2.94. The van der Waals surface area contributed by atoms with E-state index in [9.17, 15) is 4.79 Å². The van der Waals surface area contributed by atoms with Crippen molar-refractivity contribution in [1.29, 1.82) is 0 Å². The number of pyridine rings is 1. The minimum Gasteiger partial charge on any atom is -0.349 e. The third-order valence-electron chi connectivity index (χ3n) is 5.77. The zero-order chi connectivity index (χ0) is 24.6. The number of hydrogen-bond acceptors (Lipinski definition) is 5. The first kappa shape index (κ1) is 24.2. The number of nitrogens with one attached hydrogen (secondary N) is 1. The molecule has 3 heterocycles. The van der Waals surface area contributed by atoms with Gasteiger partial charge in [-0.2, -0.15) is 5.10 Å². The number of hydrogen-bond donors (Lipinski definition) is 1. The van der Waals surface area contributed by atoms with Crippen LogP contribution >= 0.6 is 34.8 Å². The largest absolute Gasteiger partial charge is 0.349 e. The Labute approximate surface area is 211 Å². The lowest BCUT2D eigenvalue weighted by Gasteiger charge is -2.28. The summed E-state index contributed by atoms with van der Waals surface area (Å²) in [6, 6.07) is 8.82. The standard InChI is InChI=1S/C23H22Cl3N7O/c1-13-8-16(24)9-17(25)21(13)33-14(2)20(30-31-33)22(34)27-12-23(3,15-10-28-32(4)11-15)18-6-5-7-19(26)29-18/h5-11H,12H2,1-4H3,(H,27,34). The number of aryl methyl sites for hydroxylation is 2. The van der Waals surface area contributed by atoms with E-state index >= 15 is 0 Å². The summed E-state index contributed by atoms with van der Waals surface area (Å²) in [7, 11) is 1.83. The van der Waals surface area contributed by atoms with Crippen LogP contribution in [0, 0.1) is 13.8 Å². The summed E-state index contributed by atoms with van der Waals surface area (Å²) in [5.74, 6) is -0.372. The summed E-state index contributed by atoms with van der Waals surface area (Å²) in [5, 5.41) is 16.9. The highest BCUT2D eigenvalue weighted by Crippen LogP contribution is 2.31. The molecular formula is C23H22Cl3N7O. The van der Waals surface area contributed by atoms with Gasteiger partial charge in [-0.05, 0) is 50.6 Å². The highest BCUT2D eigenvalue weighted by molar-refractivity contribution is 6.36. The van der Waals surface area contributed by atoms with Crippen molar-refractivity contribution >= 4 is 40.7 Å². The average Bonchev–Trinajstić information content (AvgIpc) is 3.37. The minimum absolute atomic E-state index is 0.193. The summed E-state index contributed by atoms with van der Waals surface area (Å²) >= 11 is 18.7. The number of carbonyl (C=O) groups excluding carboxylic acids is 1. The van der Waals surface area contributed by atoms with Gasteiger partial charge in [0.15, 0.2) is 5.69 Å². The lowest BCUT2D eigenvalue weighted by molar-refractivity contribution is 0.0941. The monoisotopic (exact) mass is 517 g/mol. The number of amides is 1. The van der Waals surface area contributed by atoms with Gasteiger partial charge in [0.05, 0.1) is 33.7 Å². The van der Waals surface area contributed by atoms with E-state index in [-0.39, 0.29) is 18.1 Å². The van der Waals surface area contributed by atoms with Crippen molar-refractivity contribution in [3.63, 3.8) is 0 Å². The summed E-state index contributed by atoms with van der Waals surface area (Å²) in [5.41, 5.74) is 3.08. The minimum atomic E-state index is -0.686. The quantitative estimate of drug-likeness (QED) is 0.373. The molecule has 34 heavy (non-hydrogen) atoms. The molecule has 176 valence electrons. The van der Waals surface area contributed by atoms with E-state index in [0.717, 1.165) is 11.1 Å². The smallest absolute Gasteiger partial charge is 0.273 e. The van der Waals surface area contributed by atoms with Crippen molar-refractivity contribution in [2.24, 2.45) is 7.05 Å². The maximum atomic E-state index is 13.2. The molecule has 1 unspecified atom stereocenters. The fraction of sp³-hybridized carbons (Fsp3) is 0.261. The Kier molecular flexibility index (Phi) is 6.66. The second kappa shape index (κ2) is 9.37. The molecule has 0 saturated heterocycles. The van der Waals surface area contributed by atoms with Crippen molar-refractivity contribution < 1.29 is 4.79 Å². The van der Waals surface area contributed by atoms with E-state index in [1.165, 1.54) is 0 Å². The van der Waals surface area contributed by atoms with Crippen molar-refractivity contribution in [2.45, 2.75) is 26.2 Å². The highest BCUT2D eigenvalue weighted by atomic mass is 35.5. The predicted molar refractivity (Wildman–Crippen MR) is 132 cm³/mol. The molecule has 0 saturated carbocycles. The number of halogens is 3.